The number of sulfonamides is 2. The normalized spacial score (nSPS) is 16.8. The summed E-state index contributed by atoms with van der Waals surface area (Å²) in [4.78, 5) is 0.187. The highest BCUT2D eigenvalue weighted by atomic mass is 32.2. The van der Waals surface area contributed by atoms with Gasteiger partial charge in [-0.05, 0) is 81.0 Å². The minimum Gasteiger partial charge on any atom is -0.279 e. The third kappa shape index (κ3) is 3.89. The molecule has 8 heteroatoms. The van der Waals surface area contributed by atoms with Gasteiger partial charge in [-0.25, -0.2) is 16.8 Å². The monoisotopic (exact) mass is 422 g/mol. The van der Waals surface area contributed by atoms with Gasteiger partial charge >= 0.3 is 0 Å². The second-order valence-electron chi connectivity index (χ2n) is 7.36. The van der Waals surface area contributed by atoms with Crippen LogP contribution in [-0.2, 0) is 20.0 Å². The summed E-state index contributed by atoms with van der Waals surface area (Å²) in [7, 11) is -7.16. The van der Waals surface area contributed by atoms with E-state index in [9.17, 15) is 16.8 Å². The molecule has 152 valence electrons. The van der Waals surface area contributed by atoms with Crippen LogP contribution < -0.4 is 9.03 Å². The lowest BCUT2D eigenvalue weighted by Gasteiger charge is -2.29. The number of anilines is 2. The molecule has 0 radical (unpaired) electrons. The van der Waals surface area contributed by atoms with Gasteiger partial charge < -0.3 is 0 Å². The molecule has 0 amide bonds. The van der Waals surface area contributed by atoms with Gasteiger partial charge in [-0.2, -0.15) is 0 Å². The van der Waals surface area contributed by atoms with Crippen molar-refractivity contribution in [3.63, 3.8) is 0 Å². The SMILES string of the molecule is Cc1cccc(NS(=O)(=O)c2c(C)cc(N3CCCCS3(=O)=O)cc2C)c1C. The van der Waals surface area contributed by atoms with E-state index in [0.29, 0.717) is 35.5 Å². The van der Waals surface area contributed by atoms with Gasteiger partial charge in [0.05, 0.1) is 22.0 Å². The molecule has 0 atom stereocenters. The van der Waals surface area contributed by atoms with Gasteiger partial charge in [0, 0.05) is 6.54 Å². The molecule has 0 saturated carbocycles. The number of benzene rings is 2. The maximum atomic E-state index is 13.1. The lowest BCUT2D eigenvalue weighted by atomic mass is 10.1. The summed E-state index contributed by atoms with van der Waals surface area (Å²) in [6.45, 7) is 7.62. The number of hydrogen-bond donors (Lipinski definition) is 1. The number of nitrogens with zero attached hydrogens (tertiary/aromatic N) is 1. The van der Waals surface area contributed by atoms with Crippen LogP contribution in [0.1, 0.15) is 35.1 Å². The van der Waals surface area contributed by atoms with Crippen molar-refractivity contribution in [2.24, 2.45) is 0 Å². The molecule has 0 aliphatic carbocycles. The molecule has 1 heterocycles. The van der Waals surface area contributed by atoms with E-state index in [0.717, 1.165) is 17.5 Å². The van der Waals surface area contributed by atoms with Crippen LogP contribution in [0, 0.1) is 27.7 Å². The Morgan fingerprint density at radius 3 is 2.21 bits per heavy atom. The van der Waals surface area contributed by atoms with E-state index in [1.54, 1.807) is 32.0 Å². The van der Waals surface area contributed by atoms with E-state index in [4.69, 9.17) is 0 Å². The van der Waals surface area contributed by atoms with Crippen LogP contribution in [0.3, 0.4) is 0 Å². The third-order valence-corrected chi connectivity index (χ3v) is 8.74. The second-order valence-corrected chi connectivity index (χ2v) is 11.0. The van der Waals surface area contributed by atoms with Crippen molar-refractivity contribution in [2.45, 2.75) is 45.4 Å². The Morgan fingerprint density at radius 2 is 1.61 bits per heavy atom. The number of nitrogens with one attached hydrogen (secondary N) is 1. The van der Waals surface area contributed by atoms with Crippen molar-refractivity contribution >= 4 is 31.4 Å². The first-order valence-electron chi connectivity index (χ1n) is 9.23. The van der Waals surface area contributed by atoms with Gasteiger partial charge in [-0.15, -0.1) is 0 Å². The molecule has 1 aliphatic heterocycles. The summed E-state index contributed by atoms with van der Waals surface area (Å²) >= 11 is 0. The molecule has 2 aromatic carbocycles. The zero-order valence-corrected chi connectivity index (χ0v) is 18.2. The number of rotatable bonds is 4. The smallest absolute Gasteiger partial charge is 0.262 e. The van der Waals surface area contributed by atoms with Crippen molar-refractivity contribution in [3.8, 4) is 0 Å². The Hall–Kier alpha value is -2.06. The van der Waals surface area contributed by atoms with Crippen LogP contribution in [0.15, 0.2) is 35.2 Å². The highest BCUT2D eigenvalue weighted by Gasteiger charge is 2.28. The Morgan fingerprint density at radius 1 is 0.964 bits per heavy atom. The highest BCUT2D eigenvalue weighted by molar-refractivity contribution is 7.93. The predicted octanol–water partition coefficient (Wildman–Crippen LogP) is 3.65. The van der Waals surface area contributed by atoms with Gasteiger partial charge in [0.2, 0.25) is 10.0 Å². The van der Waals surface area contributed by atoms with Crippen LogP contribution in [0.5, 0.6) is 0 Å². The average Bonchev–Trinajstić information content (AvgIpc) is 2.57. The molecule has 2 aromatic rings. The molecule has 0 bridgehead atoms. The van der Waals surface area contributed by atoms with Crippen molar-refractivity contribution in [3.05, 3.63) is 52.6 Å². The lowest BCUT2D eigenvalue weighted by molar-refractivity contribution is 0.574. The van der Waals surface area contributed by atoms with Crippen LogP contribution >= 0.6 is 0 Å². The number of aryl methyl sites for hydroxylation is 3. The first-order valence-corrected chi connectivity index (χ1v) is 12.3. The maximum Gasteiger partial charge on any atom is 0.262 e. The van der Waals surface area contributed by atoms with Crippen molar-refractivity contribution in [1.82, 2.24) is 0 Å². The van der Waals surface area contributed by atoms with Gasteiger partial charge in [0.25, 0.3) is 10.0 Å². The van der Waals surface area contributed by atoms with Crippen molar-refractivity contribution < 1.29 is 16.8 Å². The van der Waals surface area contributed by atoms with Gasteiger partial charge in [-0.1, -0.05) is 12.1 Å². The van der Waals surface area contributed by atoms with Crippen LogP contribution in [-0.4, -0.2) is 29.1 Å². The summed E-state index contributed by atoms with van der Waals surface area (Å²) < 4.78 is 55.0. The summed E-state index contributed by atoms with van der Waals surface area (Å²) in [6, 6.07) is 8.77. The molecule has 28 heavy (non-hydrogen) atoms. The summed E-state index contributed by atoms with van der Waals surface area (Å²) in [6.07, 6.45) is 1.45. The van der Waals surface area contributed by atoms with E-state index in [1.165, 1.54) is 4.31 Å². The fourth-order valence-electron chi connectivity index (χ4n) is 3.63. The molecular formula is C20H26N2O4S2. The molecule has 0 spiro atoms. The largest absolute Gasteiger partial charge is 0.279 e. The van der Waals surface area contributed by atoms with E-state index in [2.05, 4.69) is 4.72 Å². The zero-order valence-electron chi connectivity index (χ0n) is 16.6. The van der Waals surface area contributed by atoms with E-state index < -0.39 is 20.0 Å². The molecule has 0 aromatic heterocycles. The molecule has 1 aliphatic rings. The Bertz CT molecular complexity index is 1100. The molecule has 1 saturated heterocycles. The van der Waals surface area contributed by atoms with E-state index in [-0.39, 0.29) is 10.6 Å². The first kappa shape index (κ1) is 20.7. The molecule has 0 unspecified atom stereocenters. The van der Waals surface area contributed by atoms with Crippen LogP contribution in [0.2, 0.25) is 0 Å². The topological polar surface area (TPSA) is 83.6 Å². The standard InChI is InChI=1S/C20H26N2O4S2/c1-14-8-7-9-19(17(14)4)21-28(25,26)20-15(2)12-18(13-16(20)3)22-10-5-6-11-27(22,23)24/h7-9,12-13,21H,5-6,10-11H2,1-4H3. The van der Waals surface area contributed by atoms with Crippen LogP contribution in [0.4, 0.5) is 11.4 Å². The van der Waals surface area contributed by atoms with E-state index >= 15 is 0 Å². The van der Waals surface area contributed by atoms with Crippen molar-refractivity contribution in [1.29, 1.82) is 0 Å². The fourth-order valence-corrected chi connectivity index (χ4v) is 6.83. The fraction of sp³-hybridized carbons (Fsp3) is 0.400. The molecule has 6 nitrogen and oxygen atoms in total. The van der Waals surface area contributed by atoms with Gasteiger partial charge in [0.15, 0.2) is 0 Å². The third-order valence-electron chi connectivity index (χ3n) is 5.20. The highest BCUT2D eigenvalue weighted by Crippen LogP contribution is 2.31. The minimum atomic E-state index is -3.81. The maximum absolute atomic E-state index is 13.1. The number of hydrogen-bond acceptors (Lipinski definition) is 4. The lowest BCUT2D eigenvalue weighted by Crippen LogP contribution is -2.38. The minimum absolute atomic E-state index is 0.124. The average molecular weight is 423 g/mol. The molecule has 3 rings (SSSR count). The Balaban J connectivity index is 2.02. The van der Waals surface area contributed by atoms with Gasteiger partial charge in [-0.3, -0.25) is 9.03 Å². The van der Waals surface area contributed by atoms with Crippen molar-refractivity contribution in [2.75, 3.05) is 21.3 Å². The summed E-state index contributed by atoms with van der Waals surface area (Å²) in [5.41, 5.74) is 3.99. The Kier molecular flexibility index (Phi) is 5.46. The second kappa shape index (κ2) is 7.40. The predicted molar refractivity (Wildman–Crippen MR) is 113 cm³/mol. The van der Waals surface area contributed by atoms with Gasteiger partial charge in [0.1, 0.15) is 0 Å². The molecule has 1 fully saturated rings. The molecule has 1 N–H and O–H groups in total. The first-order chi connectivity index (χ1) is 13.0. The van der Waals surface area contributed by atoms with Crippen LogP contribution in [0.25, 0.3) is 0 Å². The summed E-state index contributed by atoms with van der Waals surface area (Å²) in [5.74, 6) is 0.124. The zero-order chi connectivity index (χ0) is 20.7. The quantitative estimate of drug-likeness (QED) is 0.815. The summed E-state index contributed by atoms with van der Waals surface area (Å²) in [5, 5.41) is 0. The Labute approximate surface area is 167 Å². The van der Waals surface area contributed by atoms with E-state index in [1.807, 2.05) is 26.0 Å². The molecular weight excluding hydrogens is 396 g/mol.